The first kappa shape index (κ1) is 12.2. The Kier molecular flexibility index (Phi) is 3.32. The van der Waals surface area contributed by atoms with E-state index in [0.29, 0.717) is 39.8 Å². The van der Waals surface area contributed by atoms with Crippen molar-refractivity contribution in [2.75, 3.05) is 12.8 Å². The molecule has 2 N–H and O–H groups in total. The zero-order chi connectivity index (χ0) is 12.5. The SMILES string of the molecule is COC(=O)c1c(C)c(N)c(C)c(C=O)c1C. The molecule has 0 fully saturated rings. The summed E-state index contributed by atoms with van der Waals surface area (Å²) in [6.07, 6.45) is 0.715. The maximum atomic E-state index is 11.6. The minimum atomic E-state index is -0.468. The van der Waals surface area contributed by atoms with Gasteiger partial charge < -0.3 is 10.5 Å². The van der Waals surface area contributed by atoms with E-state index in [1.54, 1.807) is 20.8 Å². The van der Waals surface area contributed by atoms with Crippen molar-refractivity contribution in [3.8, 4) is 0 Å². The monoisotopic (exact) mass is 221 g/mol. The molecule has 1 aromatic carbocycles. The van der Waals surface area contributed by atoms with Gasteiger partial charge in [-0.25, -0.2) is 4.79 Å². The number of hydrogen-bond donors (Lipinski definition) is 1. The number of benzene rings is 1. The number of rotatable bonds is 2. The molecule has 0 aliphatic rings. The summed E-state index contributed by atoms with van der Waals surface area (Å²) in [5.74, 6) is -0.468. The van der Waals surface area contributed by atoms with Crippen LogP contribution in [0.4, 0.5) is 5.69 Å². The maximum absolute atomic E-state index is 11.6. The highest BCUT2D eigenvalue weighted by atomic mass is 16.5. The molecule has 0 spiro atoms. The van der Waals surface area contributed by atoms with E-state index in [2.05, 4.69) is 4.74 Å². The molecule has 0 bridgehead atoms. The highest BCUT2D eigenvalue weighted by Crippen LogP contribution is 2.28. The number of nitrogens with two attached hydrogens (primary N) is 1. The minimum Gasteiger partial charge on any atom is -0.465 e. The van der Waals surface area contributed by atoms with Crippen LogP contribution in [0.5, 0.6) is 0 Å². The Morgan fingerprint density at radius 2 is 1.75 bits per heavy atom. The van der Waals surface area contributed by atoms with Gasteiger partial charge >= 0.3 is 5.97 Å². The number of carbonyl (C=O) groups excluding carboxylic acids is 2. The van der Waals surface area contributed by atoms with Gasteiger partial charge in [0.25, 0.3) is 0 Å². The van der Waals surface area contributed by atoms with Crippen molar-refractivity contribution in [2.24, 2.45) is 0 Å². The van der Waals surface area contributed by atoms with Gasteiger partial charge in [0, 0.05) is 11.3 Å². The maximum Gasteiger partial charge on any atom is 0.338 e. The summed E-state index contributed by atoms with van der Waals surface area (Å²) in [5.41, 5.74) is 9.15. The number of hydrogen-bond acceptors (Lipinski definition) is 4. The fraction of sp³-hybridized carbons (Fsp3) is 0.333. The summed E-state index contributed by atoms with van der Waals surface area (Å²) < 4.78 is 4.68. The van der Waals surface area contributed by atoms with Crippen LogP contribution in [0.3, 0.4) is 0 Å². The van der Waals surface area contributed by atoms with Crippen LogP contribution in [0, 0.1) is 20.8 Å². The Hall–Kier alpha value is -1.84. The molecule has 0 amide bonds. The van der Waals surface area contributed by atoms with Crippen molar-refractivity contribution in [1.29, 1.82) is 0 Å². The second-order valence-electron chi connectivity index (χ2n) is 3.69. The molecule has 1 rings (SSSR count). The zero-order valence-corrected chi connectivity index (χ0v) is 9.88. The van der Waals surface area contributed by atoms with Crippen LogP contribution in [-0.4, -0.2) is 19.4 Å². The van der Waals surface area contributed by atoms with E-state index in [1.807, 2.05) is 0 Å². The van der Waals surface area contributed by atoms with E-state index >= 15 is 0 Å². The number of esters is 1. The van der Waals surface area contributed by atoms with Crippen molar-refractivity contribution in [3.63, 3.8) is 0 Å². The lowest BCUT2D eigenvalue weighted by Crippen LogP contribution is -2.12. The number of carbonyl (C=O) groups is 2. The lowest BCUT2D eigenvalue weighted by molar-refractivity contribution is 0.0599. The van der Waals surface area contributed by atoms with E-state index in [-0.39, 0.29) is 0 Å². The van der Waals surface area contributed by atoms with E-state index in [1.165, 1.54) is 7.11 Å². The van der Waals surface area contributed by atoms with Crippen LogP contribution in [-0.2, 0) is 4.74 Å². The van der Waals surface area contributed by atoms with Crippen molar-refractivity contribution in [1.82, 2.24) is 0 Å². The van der Waals surface area contributed by atoms with Crippen LogP contribution in [0.25, 0.3) is 0 Å². The lowest BCUT2D eigenvalue weighted by atomic mass is 9.92. The molecular weight excluding hydrogens is 206 g/mol. The average molecular weight is 221 g/mol. The molecule has 0 heterocycles. The summed E-state index contributed by atoms with van der Waals surface area (Å²) in [6, 6.07) is 0. The fourth-order valence-electron chi connectivity index (χ4n) is 1.84. The molecule has 86 valence electrons. The standard InChI is InChI=1S/C12H15NO3/c1-6-9(5-14)7(2)11(13)8(3)10(6)12(15)16-4/h5H,13H2,1-4H3. The van der Waals surface area contributed by atoms with Crippen LogP contribution >= 0.6 is 0 Å². The van der Waals surface area contributed by atoms with E-state index in [0.717, 1.165) is 0 Å². The molecule has 4 heteroatoms. The molecule has 4 nitrogen and oxygen atoms in total. The highest BCUT2D eigenvalue weighted by Gasteiger charge is 2.20. The molecule has 0 saturated carbocycles. The van der Waals surface area contributed by atoms with Gasteiger partial charge in [0.1, 0.15) is 0 Å². The first-order chi connectivity index (χ1) is 7.45. The predicted molar refractivity (Wildman–Crippen MR) is 61.8 cm³/mol. The van der Waals surface area contributed by atoms with Crippen LogP contribution in [0.1, 0.15) is 37.4 Å². The van der Waals surface area contributed by atoms with E-state index in [4.69, 9.17) is 5.73 Å². The molecule has 1 aromatic rings. The highest BCUT2D eigenvalue weighted by molar-refractivity contribution is 5.98. The Bertz CT molecular complexity index is 464. The van der Waals surface area contributed by atoms with Gasteiger partial charge in [0.15, 0.2) is 6.29 Å². The third kappa shape index (κ3) is 1.66. The number of methoxy groups -OCH3 is 1. The third-order valence-corrected chi connectivity index (χ3v) is 2.87. The van der Waals surface area contributed by atoms with Crippen molar-refractivity contribution < 1.29 is 14.3 Å². The van der Waals surface area contributed by atoms with Crippen molar-refractivity contribution >= 4 is 17.9 Å². The van der Waals surface area contributed by atoms with Gasteiger partial charge in [0.05, 0.1) is 12.7 Å². The molecular formula is C12H15NO3. The predicted octanol–water partition coefficient (Wildman–Crippen LogP) is 1.79. The number of nitrogen functional groups attached to an aromatic ring is 1. The second-order valence-corrected chi connectivity index (χ2v) is 3.69. The Balaban J connectivity index is 3.68. The summed E-state index contributed by atoms with van der Waals surface area (Å²) in [4.78, 5) is 22.6. The average Bonchev–Trinajstić information content (AvgIpc) is 2.27. The first-order valence-corrected chi connectivity index (χ1v) is 4.88. The quantitative estimate of drug-likeness (QED) is 0.469. The molecule has 0 unspecified atom stereocenters. The second kappa shape index (κ2) is 4.35. The van der Waals surface area contributed by atoms with Crippen LogP contribution in [0.15, 0.2) is 0 Å². The van der Waals surface area contributed by atoms with Gasteiger partial charge in [0.2, 0.25) is 0 Å². The molecule has 0 aromatic heterocycles. The number of aldehydes is 1. The Morgan fingerprint density at radius 1 is 1.19 bits per heavy atom. The van der Waals surface area contributed by atoms with Gasteiger partial charge in [-0.2, -0.15) is 0 Å². The number of anilines is 1. The summed E-state index contributed by atoms with van der Waals surface area (Å²) in [5, 5.41) is 0. The molecule has 0 atom stereocenters. The van der Waals surface area contributed by atoms with Gasteiger partial charge in [-0.15, -0.1) is 0 Å². The summed E-state index contributed by atoms with van der Waals surface area (Å²) >= 11 is 0. The van der Waals surface area contributed by atoms with Gasteiger partial charge in [-0.05, 0) is 37.5 Å². The zero-order valence-electron chi connectivity index (χ0n) is 9.88. The van der Waals surface area contributed by atoms with Gasteiger partial charge in [-0.3, -0.25) is 4.79 Å². The van der Waals surface area contributed by atoms with E-state index < -0.39 is 5.97 Å². The minimum absolute atomic E-state index is 0.382. The smallest absolute Gasteiger partial charge is 0.338 e. The molecule has 0 radical (unpaired) electrons. The Labute approximate surface area is 94.4 Å². The third-order valence-electron chi connectivity index (χ3n) is 2.87. The van der Waals surface area contributed by atoms with Crippen LogP contribution < -0.4 is 5.73 Å². The normalized spacial score (nSPS) is 10.0. The van der Waals surface area contributed by atoms with Crippen molar-refractivity contribution in [3.05, 3.63) is 27.8 Å². The number of ether oxygens (including phenoxy) is 1. The van der Waals surface area contributed by atoms with Crippen LogP contribution in [0.2, 0.25) is 0 Å². The topological polar surface area (TPSA) is 69.4 Å². The summed E-state index contributed by atoms with van der Waals surface area (Å²) in [6.45, 7) is 5.23. The van der Waals surface area contributed by atoms with E-state index in [9.17, 15) is 9.59 Å². The molecule has 16 heavy (non-hydrogen) atoms. The van der Waals surface area contributed by atoms with Gasteiger partial charge in [-0.1, -0.05) is 0 Å². The Morgan fingerprint density at radius 3 is 2.19 bits per heavy atom. The largest absolute Gasteiger partial charge is 0.465 e. The van der Waals surface area contributed by atoms with Crippen molar-refractivity contribution in [2.45, 2.75) is 20.8 Å². The fourth-order valence-corrected chi connectivity index (χ4v) is 1.84. The first-order valence-electron chi connectivity index (χ1n) is 4.88. The summed E-state index contributed by atoms with van der Waals surface area (Å²) in [7, 11) is 1.30. The molecule has 0 aliphatic heterocycles. The molecule has 0 aliphatic carbocycles. The molecule has 0 saturated heterocycles. The lowest BCUT2D eigenvalue weighted by Gasteiger charge is -2.15.